The second kappa shape index (κ2) is 11.9. The van der Waals surface area contributed by atoms with Crippen molar-refractivity contribution in [2.24, 2.45) is 10.7 Å². The van der Waals surface area contributed by atoms with Gasteiger partial charge < -0.3 is 20.5 Å². The van der Waals surface area contributed by atoms with Crippen molar-refractivity contribution >= 4 is 35.6 Å². The number of hydrogen-bond acceptors (Lipinski definition) is 4. The molecule has 0 spiro atoms. The highest BCUT2D eigenvalue weighted by Crippen LogP contribution is 2.28. The zero-order valence-electron chi connectivity index (χ0n) is 17.2. The third kappa shape index (κ3) is 7.08. The van der Waals surface area contributed by atoms with E-state index in [9.17, 15) is 0 Å². The molecule has 0 atom stereocenters. The minimum atomic E-state index is 0. The average molecular weight is 510 g/mol. The first-order chi connectivity index (χ1) is 13.7. The van der Waals surface area contributed by atoms with Gasteiger partial charge in [-0.15, -0.1) is 24.0 Å². The van der Waals surface area contributed by atoms with Crippen molar-refractivity contribution in [3.05, 3.63) is 53.6 Å². The van der Waals surface area contributed by atoms with Crippen molar-refractivity contribution in [2.75, 3.05) is 32.6 Å². The van der Waals surface area contributed by atoms with Crippen LogP contribution in [-0.4, -0.2) is 38.2 Å². The first kappa shape index (κ1) is 23.3. The molecule has 0 bridgehead atoms. The lowest BCUT2D eigenvalue weighted by molar-refractivity contribution is 0.221. The van der Waals surface area contributed by atoms with Gasteiger partial charge in [-0.1, -0.05) is 30.7 Å². The molecule has 29 heavy (non-hydrogen) atoms. The summed E-state index contributed by atoms with van der Waals surface area (Å²) in [5.41, 5.74) is 9.26. The third-order valence-electron chi connectivity index (χ3n) is 4.98. The van der Waals surface area contributed by atoms with E-state index in [2.05, 4.69) is 39.5 Å². The summed E-state index contributed by atoms with van der Waals surface area (Å²) in [4.78, 5) is 6.97. The first-order valence-electron chi connectivity index (χ1n) is 9.77. The second-order valence-electron chi connectivity index (χ2n) is 7.05. The third-order valence-corrected chi connectivity index (χ3v) is 4.98. The molecule has 1 aliphatic heterocycles. The number of nitrogens with one attached hydrogen (secondary N) is 1. The van der Waals surface area contributed by atoms with Crippen LogP contribution in [0.25, 0.3) is 0 Å². The molecule has 1 fully saturated rings. The first-order valence-corrected chi connectivity index (χ1v) is 9.77. The van der Waals surface area contributed by atoms with E-state index in [0.717, 1.165) is 23.5 Å². The normalized spacial score (nSPS) is 14.8. The van der Waals surface area contributed by atoms with Gasteiger partial charge in [-0.05, 0) is 49.2 Å². The van der Waals surface area contributed by atoms with Crippen molar-refractivity contribution in [1.82, 2.24) is 4.90 Å². The molecular weight excluding hydrogens is 479 g/mol. The summed E-state index contributed by atoms with van der Waals surface area (Å²) in [6.45, 7) is 3.97. The molecule has 2 aromatic rings. The molecule has 7 heteroatoms. The maximum atomic E-state index is 6.06. The molecule has 1 aliphatic rings. The predicted octanol–water partition coefficient (Wildman–Crippen LogP) is 4.23. The Hall–Kier alpha value is -2.00. The fourth-order valence-corrected chi connectivity index (χ4v) is 3.39. The van der Waals surface area contributed by atoms with Crippen LogP contribution < -0.4 is 20.5 Å². The Morgan fingerprint density at radius 1 is 1.00 bits per heavy atom. The Balaban J connectivity index is 0.00000300. The lowest BCUT2D eigenvalue weighted by atomic mass is 10.1. The number of benzene rings is 2. The number of hydrogen-bond donors (Lipinski definition) is 2. The van der Waals surface area contributed by atoms with Crippen molar-refractivity contribution < 1.29 is 9.47 Å². The number of nitrogens with zero attached hydrogens (tertiary/aromatic N) is 2. The van der Waals surface area contributed by atoms with E-state index in [1.165, 1.54) is 37.9 Å². The van der Waals surface area contributed by atoms with Crippen LogP contribution in [0.15, 0.2) is 47.5 Å². The number of anilines is 1. The molecule has 0 radical (unpaired) electrons. The summed E-state index contributed by atoms with van der Waals surface area (Å²) in [6, 6.07) is 14.1. The van der Waals surface area contributed by atoms with E-state index in [1.807, 2.05) is 18.2 Å². The topological polar surface area (TPSA) is 72.1 Å². The molecule has 6 nitrogen and oxygen atoms in total. The number of aliphatic imine (C=N–C) groups is 1. The number of likely N-dealkylation sites (tertiary alicyclic amines) is 1. The van der Waals surface area contributed by atoms with Crippen LogP contribution in [-0.2, 0) is 13.1 Å². The minimum Gasteiger partial charge on any atom is -0.497 e. The smallest absolute Gasteiger partial charge is 0.193 e. The van der Waals surface area contributed by atoms with E-state index in [1.54, 1.807) is 14.2 Å². The van der Waals surface area contributed by atoms with Gasteiger partial charge in [0.25, 0.3) is 0 Å². The Kier molecular flexibility index (Phi) is 9.53. The molecule has 1 saturated heterocycles. The monoisotopic (exact) mass is 510 g/mol. The van der Waals surface area contributed by atoms with Crippen molar-refractivity contribution in [3.63, 3.8) is 0 Å². The van der Waals surface area contributed by atoms with Gasteiger partial charge in [0, 0.05) is 12.6 Å². The molecule has 3 rings (SSSR count). The van der Waals surface area contributed by atoms with E-state index < -0.39 is 0 Å². The lowest BCUT2D eigenvalue weighted by Gasteiger charge is -2.26. The molecule has 1 heterocycles. The molecule has 158 valence electrons. The summed E-state index contributed by atoms with van der Waals surface area (Å²) < 4.78 is 10.6. The number of ether oxygens (including phenoxy) is 2. The van der Waals surface area contributed by atoms with Crippen LogP contribution in [0.1, 0.15) is 30.4 Å². The summed E-state index contributed by atoms with van der Waals surface area (Å²) >= 11 is 0. The van der Waals surface area contributed by atoms with Gasteiger partial charge in [-0.25, -0.2) is 4.99 Å². The minimum absolute atomic E-state index is 0. The summed E-state index contributed by atoms with van der Waals surface area (Å²) in [5, 5.41) is 3.09. The molecule has 0 aliphatic carbocycles. The Morgan fingerprint density at radius 2 is 1.69 bits per heavy atom. The highest BCUT2D eigenvalue weighted by atomic mass is 127. The number of piperidine rings is 1. The van der Waals surface area contributed by atoms with Gasteiger partial charge >= 0.3 is 0 Å². The van der Waals surface area contributed by atoms with E-state index >= 15 is 0 Å². The standard InChI is InChI=1S/C22H30N4O2.HI/c1-27-19-10-11-21(28-2)20(14-19)25-22(23)24-15-17-6-8-18(9-7-17)16-26-12-4-3-5-13-26;/h6-11,14H,3-5,12-13,15-16H2,1-2H3,(H3,23,24,25);1H. The fourth-order valence-electron chi connectivity index (χ4n) is 3.39. The Labute approximate surface area is 190 Å². The van der Waals surface area contributed by atoms with Gasteiger partial charge in [0.05, 0.1) is 26.5 Å². The van der Waals surface area contributed by atoms with E-state index in [-0.39, 0.29) is 24.0 Å². The van der Waals surface area contributed by atoms with Gasteiger partial charge in [-0.2, -0.15) is 0 Å². The number of halogens is 1. The van der Waals surface area contributed by atoms with Crippen LogP contribution in [0.2, 0.25) is 0 Å². The quantitative estimate of drug-likeness (QED) is 0.332. The number of nitrogens with two attached hydrogens (primary N) is 1. The van der Waals surface area contributed by atoms with E-state index in [4.69, 9.17) is 15.2 Å². The second-order valence-corrected chi connectivity index (χ2v) is 7.05. The number of methoxy groups -OCH3 is 2. The van der Waals surface area contributed by atoms with Crippen LogP contribution in [0.3, 0.4) is 0 Å². The van der Waals surface area contributed by atoms with Crippen LogP contribution in [0.5, 0.6) is 11.5 Å². The Morgan fingerprint density at radius 3 is 2.34 bits per heavy atom. The summed E-state index contributed by atoms with van der Waals surface area (Å²) in [7, 11) is 3.24. The fraction of sp³-hybridized carbons (Fsp3) is 0.409. The van der Waals surface area contributed by atoms with Crippen molar-refractivity contribution in [2.45, 2.75) is 32.4 Å². The average Bonchev–Trinajstić information content (AvgIpc) is 2.74. The van der Waals surface area contributed by atoms with Gasteiger partial charge in [-0.3, -0.25) is 4.90 Å². The van der Waals surface area contributed by atoms with Gasteiger partial charge in [0.1, 0.15) is 11.5 Å². The van der Waals surface area contributed by atoms with Crippen LogP contribution in [0, 0.1) is 0 Å². The zero-order valence-corrected chi connectivity index (χ0v) is 19.5. The summed E-state index contributed by atoms with van der Waals surface area (Å²) in [6.07, 6.45) is 4.00. The molecule has 0 amide bonds. The summed E-state index contributed by atoms with van der Waals surface area (Å²) in [5.74, 6) is 1.74. The highest BCUT2D eigenvalue weighted by Gasteiger charge is 2.10. The predicted molar refractivity (Wildman–Crippen MR) is 129 cm³/mol. The SMILES string of the molecule is COc1ccc(OC)c(NC(N)=NCc2ccc(CN3CCCCC3)cc2)c1.I. The molecule has 0 aromatic heterocycles. The molecular formula is C22H31IN4O2. The largest absolute Gasteiger partial charge is 0.497 e. The molecule has 3 N–H and O–H groups in total. The highest BCUT2D eigenvalue weighted by molar-refractivity contribution is 14.0. The van der Waals surface area contributed by atoms with Crippen LogP contribution in [0.4, 0.5) is 5.69 Å². The van der Waals surface area contributed by atoms with Crippen molar-refractivity contribution in [1.29, 1.82) is 0 Å². The number of rotatable bonds is 7. The molecule has 0 unspecified atom stereocenters. The molecule has 0 saturated carbocycles. The Bertz CT molecular complexity index is 790. The molecule has 2 aromatic carbocycles. The lowest BCUT2D eigenvalue weighted by Crippen LogP contribution is -2.29. The van der Waals surface area contributed by atoms with Crippen LogP contribution >= 0.6 is 24.0 Å². The van der Waals surface area contributed by atoms with Gasteiger partial charge in [0.2, 0.25) is 0 Å². The van der Waals surface area contributed by atoms with Crippen molar-refractivity contribution in [3.8, 4) is 11.5 Å². The number of guanidine groups is 1. The maximum Gasteiger partial charge on any atom is 0.193 e. The maximum absolute atomic E-state index is 6.06. The van der Waals surface area contributed by atoms with E-state index in [0.29, 0.717) is 18.3 Å². The zero-order chi connectivity index (χ0) is 19.8. The van der Waals surface area contributed by atoms with Gasteiger partial charge in [0.15, 0.2) is 5.96 Å².